The number of hydrogen-bond acceptors (Lipinski definition) is 5. The number of ketones is 1. The number of aryl methyl sites for hydroxylation is 2. The maximum Gasteiger partial charge on any atom is 0.331 e. The molecule has 0 heterocycles. The molecule has 3 rings (SSSR count). The fourth-order valence-corrected chi connectivity index (χ4v) is 3.35. The number of fused-ring (bicyclic) bond motifs is 1. The Morgan fingerprint density at radius 3 is 2.46 bits per heavy atom. The van der Waals surface area contributed by atoms with Crippen LogP contribution in [0.3, 0.4) is 0 Å². The van der Waals surface area contributed by atoms with Crippen LogP contribution in [0.15, 0.2) is 42.5 Å². The second kappa shape index (κ2) is 8.74. The van der Waals surface area contributed by atoms with Gasteiger partial charge in [-0.25, -0.2) is 4.79 Å². The second-order valence-electron chi connectivity index (χ2n) is 6.73. The third-order valence-corrected chi connectivity index (χ3v) is 4.86. The van der Waals surface area contributed by atoms with Crippen molar-refractivity contribution in [2.75, 3.05) is 14.2 Å². The monoisotopic (exact) mass is 380 g/mol. The molecule has 5 heteroatoms. The molecule has 1 aliphatic rings. The normalized spacial score (nSPS) is 13.8. The lowest BCUT2D eigenvalue weighted by atomic mass is 10.0. The van der Waals surface area contributed by atoms with Crippen LogP contribution in [0.4, 0.5) is 0 Å². The van der Waals surface area contributed by atoms with Crippen molar-refractivity contribution < 1.29 is 23.8 Å². The fourth-order valence-electron chi connectivity index (χ4n) is 3.35. The van der Waals surface area contributed by atoms with Crippen LogP contribution in [-0.2, 0) is 22.4 Å². The van der Waals surface area contributed by atoms with Gasteiger partial charge in [0.25, 0.3) is 0 Å². The summed E-state index contributed by atoms with van der Waals surface area (Å²) >= 11 is 0. The Labute approximate surface area is 164 Å². The highest BCUT2D eigenvalue weighted by atomic mass is 16.5. The highest BCUT2D eigenvalue weighted by Gasteiger charge is 2.20. The van der Waals surface area contributed by atoms with Crippen molar-refractivity contribution in [1.29, 1.82) is 0 Å². The van der Waals surface area contributed by atoms with E-state index in [9.17, 15) is 9.59 Å². The van der Waals surface area contributed by atoms with Crippen LogP contribution in [0.1, 0.15) is 40.4 Å². The van der Waals surface area contributed by atoms with Crippen LogP contribution >= 0.6 is 0 Å². The first-order valence-corrected chi connectivity index (χ1v) is 9.28. The highest BCUT2D eigenvalue weighted by Crippen LogP contribution is 2.28. The molecule has 1 atom stereocenters. The van der Waals surface area contributed by atoms with E-state index in [0.29, 0.717) is 17.1 Å². The molecule has 0 saturated heterocycles. The summed E-state index contributed by atoms with van der Waals surface area (Å²) in [6.07, 6.45) is 5.25. The number of methoxy groups -OCH3 is 2. The standard InChI is InChI=1S/C23H24O5/c1-15(23(25)19-10-9-17-5-4-6-18(17)14-19)28-22(24)12-8-16-7-11-20(26-2)21(13-16)27-3/h7-15H,4-6H2,1-3H3. The quantitative estimate of drug-likeness (QED) is 0.412. The summed E-state index contributed by atoms with van der Waals surface area (Å²) in [7, 11) is 3.11. The SMILES string of the molecule is COc1ccc(C=CC(=O)OC(C)C(=O)c2ccc3c(c2)CCC3)cc1OC. The molecule has 0 amide bonds. The van der Waals surface area contributed by atoms with Crippen LogP contribution in [0.5, 0.6) is 11.5 Å². The molecule has 2 aromatic carbocycles. The zero-order valence-electron chi connectivity index (χ0n) is 16.4. The van der Waals surface area contributed by atoms with Crippen molar-refractivity contribution in [2.24, 2.45) is 0 Å². The Balaban J connectivity index is 1.62. The van der Waals surface area contributed by atoms with E-state index in [1.54, 1.807) is 45.4 Å². The van der Waals surface area contributed by atoms with Gasteiger partial charge in [-0.2, -0.15) is 0 Å². The summed E-state index contributed by atoms with van der Waals surface area (Å²) in [6.45, 7) is 1.59. The van der Waals surface area contributed by atoms with E-state index in [4.69, 9.17) is 14.2 Å². The van der Waals surface area contributed by atoms with Gasteiger partial charge >= 0.3 is 5.97 Å². The summed E-state index contributed by atoms with van der Waals surface area (Å²) in [5.74, 6) is 0.410. The first-order chi connectivity index (χ1) is 13.5. The lowest BCUT2D eigenvalue weighted by Gasteiger charge is -2.12. The molecule has 1 unspecified atom stereocenters. The number of benzene rings is 2. The van der Waals surface area contributed by atoms with Crippen molar-refractivity contribution in [2.45, 2.75) is 32.3 Å². The number of esters is 1. The number of hydrogen-bond donors (Lipinski definition) is 0. The Bertz CT molecular complexity index is 913. The minimum absolute atomic E-state index is 0.192. The van der Waals surface area contributed by atoms with E-state index in [-0.39, 0.29) is 5.78 Å². The largest absolute Gasteiger partial charge is 0.493 e. The highest BCUT2D eigenvalue weighted by molar-refractivity contribution is 6.01. The van der Waals surface area contributed by atoms with Crippen molar-refractivity contribution >= 4 is 17.8 Å². The summed E-state index contributed by atoms with van der Waals surface area (Å²) < 4.78 is 15.7. The Kier molecular flexibility index (Phi) is 6.14. The van der Waals surface area contributed by atoms with Crippen LogP contribution in [0, 0.1) is 0 Å². The molecule has 0 N–H and O–H groups in total. The van der Waals surface area contributed by atoms with E-state index in [1.165, 1.54) is 17.2 Å². The lowest BCUT2D eigenvalue weighted by Crippen LogP contribution is -2.23. The van der Waals surface area contributed by atoms with Gasteiger partial charge in [0.15, 0.2) is 17.6 Å². The van der Waals surface area contributed by atoms with Crippen LogP contribution in [-0.4, -0.2) is 32.1 Å². The van der Waals surface area contributed by atoms with E-state index in [0.717, 1.165) is 24.8 Å². The third kappa shape index (κ3) is 4.42. The number of carbonyl (C=O) groups is 2. The minimum atomic E-state index is -0.845. The summed E-state index contributed by atoms with van der Waals surface area (Å²) in [5.41, 5.74) is 3.87. The molecule has 2 aromatic rings. The summed E-state index contributed by atoms with van der Waals surface area (Å²) in [6, 6.07) is 11.0. The van der Waals surface area contributed by atoms with Gasteiger partial charge in [0.2, 0.25) is 5.78 Å². The third-order valence-electron chi connectivity index (χ3n) is 4.86. The maximum atomic E-state index is 12.6. The molecule has 28 heavy (non-hydrogen) atoms. The first kappa shape index (κ1) is 19.7. The molecule has 0 radical (unpaired) electrons. The van der Waals surface area contributed by atoms with Crippen LogP contribution in [0.2, 0.25) is 0 Å². The topological polar surface area (TPSA) is 61.8 Å². The van der Waals surface area contributed by atoms with Gasteiger partial charge in [-0.1, -0.05) is 18.2 Å². The van der Waals surface area contributed by atoms with Crippen molar-refractivity contribution in [3.05, 3.63) is 64.7 Å². The molecule has 1 aliphatic carbocycles. The van der Waals surface area contributed by atoms with E-state index in [1.807, 2.05) is 18.2 Å². The molecular formula is C23H24O5. The molecule has 0 aliphatic heterocycles. The van der Waals surface area contributed by atoms with Gasteiger partial charge in [0, 0.05) is 11.6 Å². The molecular weight excluding hydrogens is 356 g/mol. The molecule has 146 valence electrons. The second-order valence-corrected chi connectivity index (χ2v) is 6.73. The minimum Gasteiger partial charge on any atom is -0.493 e. The van der Waals surface area contributed by atoms with E-state index >= 15 is 0 Å². The Morgan fingerprint density at radius 1 is 0.964 bits per heavy atom. The predicted molar refractivity (Wildman–Crippen MR) is 107 cm³/mol. The fraction of sp³-hybridized carbons (Fsp3) is 0.304. The Morgan fingerprint density at radius 2 is 1.71 bits per heavy atom. The molecule has 0 bridgehead atoms. The summed E-state index contributed by atoms with van der Waals surface area (Å²) in [4.78, 5) is 24.7. The van der Waals surface area contributed by atoms with Crippen molar-refractivity contribution in [1.82, 2.24) is 0 Å². The van der Waals surface area contributed by atoms with Crippen LogP contribution in [0.25, 0.3) is 6.08 Å². The number of rotatable bonds is 7. The van der Waals surface area contributed by atoms with Gasteiger partial charge in [-0.15, -0.1) is 0 Å². The Hall–Kier alpha value is -3.08. The molecule has 0 saturated carbocycles. The zero-order chi connectivity index (χ0) is 20.1. The van der Waals surface area contributed by atoms with E-state index in [2.05, 4.69) is 0 Å². The van der Waals surface area contributed by atoms with Gasteiger partial charge in [-0.3, -0.25) is 4.79 Å². The number of carbonyl (C=O) groups excluding carboxylic acids is 2. The summed E-state index contributed by atoms with van der Waals surface area (Å²) in [5, 5.41) is 0. The van der Waals surface area contributed by atoms with Gasteiger partial charge < -0.3 is 14.2 Å². The lowest BCUT2D eigenvalue weighted by molar-refractivity contribution is -0.140. The van der Waals surface area contributed by atoms with Gasteiger partial charge in [0.1, 0.15) is 0 Å². The maximum absolute atomic E-state index is 12.6. The zero-order valence-corrected chi connectivity index (χ0v) is 16.4. The van der Waals surface area contributed by atoms with Gasteiger partial charge in [0.05, 0.1) is 14.2 Å². The first-order valence-electron chi connectivity index (χ1n) is 9.28. The van der Waals surface area contributed by atoms with Crippen LogP contribution < -0.4 is 9.47 Å². The van der Waals surface area contributed by atoms with Crippen molar-refractivity contribution in [3.8, 4) is 11.5 Å². The molecule has 0 fully saturated rings. The molecule has 0 aromatic heterocycles. The number of ether oxygens (including phenoxy) is 3. The van der Waals surface area contributed by atoms with Crippen molar-refractivity contribution in [3.63, 3.8) is 0 Å². The molecule has 5 nitrogen and oxygen atoms in total. The number of Topliss-reactive ketones (excluding diaryl/α,β-unsaturated/α-hetero) is 1. The average molecular weight is 380 g/mol. The molecule has 0 spiro atoms. The van der Waals surface area contributed by atoms with E-state index < -0.39 is 12.1 Å². The smallest absolute Gasteiger partial charge is 0.331 e. The van der Waals surface area contributed by atoms with Gasteiger partial charge in [-0.05, 0) is 67.2 Å². The average Bonchev–Trinajstić information content (AvgIpc) is 3.19. The predicted octanol–water partition coefficient (Wildman–Crippen LogP) is 4.02.